The third kappa shape index (κ3) is 3.29. The first-order valence-electron chi connectivity index (χ1n) is 5.72. The van der Waals surface area contributed by atoms with Gasteiger partial charge in [-0.25, -0.2) is 9.48 Å². The number of benzene rings is 1. The van der Waals surface area contributed by atoms with E-state index in [2.05, 4.69) is 5.10 Å². The summed E-state index contributed by atoms with van der Waals surface area (Å²) in [6.07, 6.45) is 1.27. The second-order valence-electron chi connectivity index (χ2n) is 4.17. The lowest BCUT2D eigenvalue weighted by atomic mass is 10.2. The number of carbonyl (C=O) groups is 1. The second kappa shape index (κ2) is 5.80. The Morgan fingerprint density at radius 3 is 2.86 bits per heavy atom. The third-order valence-corrected chi connectivity index (χ3v) is 2.86. The zero-order chi connectivity index (χ0) is 15.6. The van der Waals surface area contributed by atoms with Crippen LogP contribution in [0.1, 0.15) is 16.1 Å². The molecule has 0 aliphatic heterocycles. The third-order valence-electron chi connectivity index (χ3n) is 2.58. The molecule has 2 aromatic rings. The van der Waals surface area contributed by atoms with Gasteiger partial charge in [-0.05, 0) is 18.6 Å². The molecule has 1 N–H and O–H groups in total. The van der Waals surface area contributed by atoms with Gasteiger partial charge in [0.25, 0.3) is 0 Å². The van der Waals surface area contributed by atoms with Crippen molar-refractivity contribution in [3.63, 3.8) is 0 Å². The summed E-state index contributed by atoms with van der Waals surface area (Å²) in [5.74, 6) is -1.19. The molecule has 1 heterocycles. The molecule has 0 radical (unpaired) electrons. The normalized spacial score (nSPS) is 10.4. The maximum atomic E-state index is 10.9. The molecule has 0 atom stereocenters. The summed E-state index contributed by atoms with van der Waals surface area (Å²) in [7, 11) is 0. The minimum Gasteiger partial charge on any atom is -0.476 e. The van der Waals surface area contributed by atoms with E-state index < -0.39 is 10.9 Å². The molecular weight excluding hydrogens is 302 g/mol. The summed E-state index contributed by atoms with van der Waals surface area (Å²) < 4.78 is 6.47. The van der Waals surface area contributed by atoms with Crippen molar-refractivity contribution in [1.29, 1.82) is 0 Å². The molecule has 0 unspecified atom stereocenters. The van der Waals surface area contributed by atoms with Crippen molar-refractivity contribution in [3.05, 3.63) is 50.8 Å². The van der Waals surface area contributed by atoms with Gasteiger partial charge in [0.15, 0.2) is 18.2 Å². The lowest BCUT2D eigenvalue weighted by Gasteiger charge is -2.07. The first kappa shape index (κ1) is 14.8. The lowest BCUT2D eigenvalue weighted by Crippen LogP contribution is -2.08. The predicted molar refractivity (Wildman–Crippen MR) is 72.7 cm³/mol. The molecule has 0 spiro atoms. The van der Waals surface area contributed by atoms with Crippen LogP contribution in [0.25, 0.3) is 0 Å². The number of nitro benzene ring substituents is 1. The van der Waals surface area contributed by atoms with Crippen LogP contribution in [-0.2, 0) is 6.73 Å². The molecule has 1 aromatic heterocycles. The standard InChI is InChI=1S/C12H10ClN3O5/c1-7-2-3-9(16(19)20)10(4-7)21-6-15-5-8(13)11(14-15)12(17)18/h2-5H,6H2,1H3,(H,17,18). The van der Waals surface area contributed by atoms with Crippen LogP contribution in [-0.4, -0.2) is 25.8 Å². The molecule has 1 aromatic carbocycles. The Labute approximate surface area is 123 Å². The molecule has 21 heavy (non-hydrogen) atoms. The van der Waals surface area contributed by atoms with E-state index in [1.54, 1.807) is 13.0 Å². The van der Waals surface area contributed by atoms with Crippen molar-refractivity contribution < 1.29 is 19.6 Å². The van der Waals surface area contributed by atoms with Crippen molar-refractivity contribution in [2.75, 3.05) is 0 Å². The summed E-state index contributed by atoms with van der Waals surface area (Å²) in [4.78, 5) is 21.1. The minimum atomic E-state index is -1.26. The molecule has 0 saturated carbocycles. The van der Waals surface area contributed by atoms with Crippen LogP contribution in [0.5, 0.6) is 5.75 Å². The SMILES string of the molecule is Cc1ccc([N+](=O)[O-])c(OCn2cc(Cl)c(C(=O)O)n2)c1. The summed E-state index contributed by atoms with van der Waals surface area (Å²) in [6, 6.07) is 4.45. The zero-order valence-electron chi connectivity index (χ0n) is 10.8. The smallest absolute Gasteiger partial charge is 0.357 e. The number of nitrogens with zero attached hydrogens (tertiary/aromatic N) is 3. The Morgan fingerprint density at radius 2 is 2.29 bits per heavy atom. The molecule has 0 aliphatic carbocycles. The first-order valence-corrected chi connectivity index (χ1v) is 6.10. The van der Waals surface area contributed by atoms with E-state index in [1.807, 2.05) is 0 Å². The van der Waals surface area contributed by atoms with E-state index in [1.165, 1.54) is 18.3 Å². The van der Waals surface area contributed by atoms with Gasteiger partial charge in [0.2, 0.25) is 0 Å². The summed E-state index contributed by atoms with van der Waals surface area (Å²) >= 11 is 5.70. The summed E-state index contributed by atoms with van der Waals surface area (Å²) in [5.41, 5.74) is 0.302. The van der Waals surface area contributed by atoms with Crippen molar-refractivity contribution >= 4 is 23.3 Å². The first-order chi connectivity index (χ1) is 9.88. The number of aryl methyl sites for hydroxylation is 1. The van der Waals surface area contributed by atoms with Crippen LogP contribution >= 0.6 is 11.6 Å². The van der Waals surface area contributed by atoms with E-state index in [4.69, 9.17) is 21.4 Å². The van der Waals surface area contributed by atoms with Crippen LogP contribution in [0.15, 0.2) is 24.4 Å². The van der Waals surface area contributed by atoms with Gasteiger partial charge in [-0.15, -0.1) is 0 Å². The Morgan fingerprint density at radius 1 is 1.57 bits per heavy atom. The molecule has 0 amide bonds. The van der Waals surface area contributed by atoms with Gasteiger partial charge >= 0.3 is 11.7 Å². The Balaban J connectivity index is 2.20. The topological polar surface area (TPSA) is 107 Å². The fourth-order valence-corrected chi connectivity index (χ4v) is 1.86. The highest BCUT2D eigenvalue weighted by Gasteiger charge is 2.17. The molecular formula is C12H10ClN3O5. The monoisotopic (exact) mass is 311 g/mol. The molecule has 0 bridgehead atoms. The van der Waals surface area contributed by atoms with Crippen molar-refractivity contribution in [2.45, 2.75) is 13.7 Å². The summed E-state index contributed by atoms with van der Waals surface area (Å²) in [5, 5.41) is 23.4. The highest BCUT2D eigenvalue weighted by atomic mass is 35.5. The fraction of sp³-hybridized carbons (Fsp3) is 0.167. The molecule has 9 heteroatoms. The number of carboxylic acids is 1. The van der Waals surface area contributed by atoms with Crippen LogP contribution in [0.2, 0.25) is 5.02 Å². The Bertz CT molecular complexity index is 713. The number of aromatic nitrogens is 2. The number of aromatic carboxylic acids is 1. The molecule has 0 aliphatic rings. The van der Waals surface area contributed by atoms with Gasteiger partial charge in [0.05, 0.1) is 9.95 Å². The van der Waals surface area contributed by atoms with Gasteiger partial charge in [0, 0.05) is 12.3 Å². The van der Waals surface area contributed by atoms with E-state index >= 15 is 0 Å². The Hall–Kier alpha value is -2.61. The average molecular weight is 312 g/mol. The zero-order valence-corrected chi connectivity index (χ0v) is 11.6. The number of carboxylic acid groups (broad SMARTS) is 1. The number of hydrogen-bond acceptors (Lipinski definition) is 5. The van der Waals surface area contributed by atoms with Crippen LogP contribution < -0.4 is 4.74 Å². The van der Waals surface area contributed by atoms with Crippen LogP contribution in [0.4, 0.5) is 5.69 Å². The van der Waals surface area contributed by atoms with Crippen molar-refractivity contribution in [3.8, 4) is 5.75 Å². The quantitative estimate of drug-likeness (QED) is 0.671. The van der Waals surface area contributed by atoms with Crippen molar-refractivity contribution in [2.24, 2.45) is 0 Å². The van der Waals surface area contributed by atoms with Gasteiger partial charge in [0.1, 0.15) is 0 Å². The predicted octanol–water partition coefficient (Wildman–Crippen LogP) is 2.49. The van der Waals surface area contributed by atoms with E-state index in [0.717, 1.165) is 10.2 Å². The maximum absolute atomic E-state index is 10.9. The Kier molecular flexibility index (Phi) is 4.08. The molecule has 110 valence electrons. The van der Waals surface area contributed by atoms with Gasteiger partial charge in [-0.2, -0.15) is 5.10 Å². The second-order valence-corrected chi connectivity index (χ2v) is 4.58. The number of halogens is 1. The number of rotatable bonds is 5. The summed E-state index contributed by atoms with van der Waals surface area (Å²) in [6.45, 7) is 1.57. The van der Waals surface area contributed by atoms with E-state index in [0.29, 0.717) is 0 Å². The van der Waals surface area contributed by atoms with E-state index in [-0.39, 0.29) is 28.9 Å². The molecule has 2 rings (SSSR count). The van der Waals surface area contributed by atoms with E-state index in [9.17, 15) is 14.9 Å². The van der Waals surface area contributed by atoms with Gasteiger partial charge < -0.3 is 9.84 Å². The molecule has 0 fully saturated rings. The number of ether oxygens (including phenoxy) is 1. The largest absolute Gasteiger partial charge is 0.476 e. The van der Waals surface area contributed by atoms with Crippen LogP contribution in [0, 0.1) is 17.0 Å². The van der Waals surface area contributed by atoms with Gasteiger partial charge in [-0.1, -0.05) is 17.7 Å². The van der Waals surface area contributed by atoms with Crippen molar-refractivity contribution in [1.82, 2.24) is 9.78 Å². The average Bonchev–Trinajstić information content (AvgIpc) is 2.77. The fourth-order valence-electron chi connectivity index (χ4n) is 1.63. The molecule has 8 nitrogen and oxygen atoms in total. The maximum Gasteiger partial charge on any atom is 0.357 e. The highest BCUT2D eigenvalue weighted by molar-refractivity contribution is 6.33. The van der Waals surface area contributed by atoms with Gasteiger partial charge in [-0.3, -0.25) is 10.1 Å². The minimum absolute atomic E-state index is 0.0372. The lowest BCUT2D eigenvalue weighted by molar-refractivity contribution is -0.386. The van der Waals surface area contributed by atoms with Crippen LogP contribution in [0.3, 0.4) is 0 Å². The number of hydrogen-bond donors (Lipinski definition) is 1. The molecule has 0 saturated heterocycles. The number of nitro groups is 1. The highest BCUT2D eigenvalue weighted by Crippen LogP contribution is 2.28.